The van der Waals surface area contributed by atoms with Crippen molar-refractivity contribution >= 4 is 17.1 Å². The summed E-state index contributed by atoms with van der Waals surface area (Å²) >= 11 is 0. The topological polar surface area (TPSA) is 54.8 Å². The molecule has 3 aromatic rings. The largest absolute Gasteiger partial charge is 0.465 e. The summed E-state index contributed by atoms with van der Waals surface area (Å²) in [5.74, 6) is 0.681. The monoisotopic (exact) mass is 249 g/mol. The van der Waals surface area contributed by atoms with Gasteiger partial charge < -0.3 is 8.98 Å². The molecule has 0 unspecified atom stereocenters. The number of rotatable bonds is 3. The van der Waals surface area contributed by atoms with Crippen molar-refractivity contribution in [1.29, 1.82) is 5.26 Å². The lowest BCUT2D eigenvalue weighted by atomic mass is 10.2. The third-order valence-corrected chi connectivity index (χ3v) is 2.87. The molecule has 2 aromatic heterocycles. The highest BCUT2D eigenvalue weighted by molar-refractivity contribution is 5.75. The number of allylic oxidation sites excluding steroid dienone is 1. The van der Waals surface area contributed by atoms with Crippen LogP contribution in [0.1, 0.15) is 5.76 Å². The first-order valence-corrected chi connectivity index (χ1v) is 5.91. The van der Waals surface area contributed by atoms with Gasteiger partial charge in [0.05, 0.1) is 41.8 Å². The van der Waals surface area contributed by atoms with Gasteiger partial charge in [-0.2, -0.15) is 5.26 Å². The Bertz CT molecular complexity index is 760. The zero-order valence-electron chi connectivity index (χ0n) is 10.2. The van der Waals surface area contributed by atoms with Crippen LogP contribution in [-0.2, 0) is 6.54 Å². The van der Waals surface area contributed by atoms with Crippen LogP contribution >= 0.6 is 0 Å². The van der Waals surface area contributed by atoms with E-state index in [-0.39, 0.29) is 0 Å². The Morgan fingerprint density at radius 3 is 3.00 bits per heavy atom. The molecule has 4 heteroatoms. The highest BCUT2D eigenvalue weighted by Gasteiger charge is 2.04. The lowest BCUT2D eigenvalue weighted by Crippen LogP contribution is -1.98. The molecular formula is C15H11N3O. The molecule has 3 rings (SSSR count). The van der Waals surface area contributed by atoms with Crippen LogP contribution in [0.5, 0.6) is 0 Å². The van der Waals surface area contributed by atoms with E-state index in [4.69, 9.17) is 4.42 Å². The lowest BCUT2D eigenvalue weighted by molar-refractivity contribution is 0.556. The molecular weight excluding hydrogens is 238 g/mol. The number of imidazole rings is 1. The fourth-order valence-electron chi connectivity index (χ4n) is 1.98. The van der Waals surface area contributed by atoms with E-state index in [2.05, 4.69) is 11.1 Å². The van der Waals surface area contributed by atoms with Gasteiger partial charge in [0, 0.05) is 0 Å². The summed E-state index contributed by atoms with van der Waals surface area (Å²) < 4.78 is 7.17. The Labute approximate surface area is 110 Å². The second kappa shape index (κ2) is 4.83. The number of para-hydroxylation sites is 2. The van der Waals surface area contributed by atoms with Crippen molar-refractivity contribution < 1.29 is 4.42 Å². The van der Waals surface area contributed by atoms with Gasteiger partial charge in [0.2, 0.25) is 0 Å². The molecule has 0 aliphatic rings. The average Bonchev–Trinajstić information content (AvgIpc) is 3.08. The van der Waals surface area contributed by atoms with Crippen molar-refractivity contribution in [3.8, 4) is 6.07 Å². The fraction of sp³-hybridized carbons (Fsp3) is 0.0667. The molecule has 92 valence electrons. The molecule has 19 heavy (non-hydrogen) atoms. The first-order valence-electron chi connectivity index (χ1n) is 5.91. The van der Waals surface area contributed by atoms with Crippen molar-refractivity contribution in [3.05, 3.63) is 60.3 Å². The molecule has 0 spiro atoms. The summed E-state index contributed by atoms with van der Waals surface area (Å²) in [6.07, 6.45) is 5.08. The van der Waals surface area contributed by atoms with E-state index >= 15 is 0 Å². The molecule has 4 nitrogen and oxygen atoms in total. The van der Waals surface area contributed by atoms with Crippen LogP contribution in [0.15, 0.2) is 59.0 Å². The molecule has 0 aliphatic carbocycles. The number of nitrogens with zero attached hydrogens (tertiary/aromatic N) is 3. The van der Waals surface area contributed by atoms with E-state index in [9.17, 15) is 5.26 Å². The average molecular weight is 249 g/mol. The van der Waals surface area contributed by atoms with Gasteiger partial charge in [-0.05, 0) is 30.3 Å². The quantitative estimate of drug-likeness (QED) is 0.669. The number of furan rings is 1. The summed E-state index contributed by atoms with van der Waals surface area (Å²) in [6.45, 7) is 0.484. The highest BCUT2D eigenvalue weighted by Crippen LogP contribution is 2.15. The molecule has 0 radical (unpaired) electrons. The first-order chi connectivity index (χ1) is 9.36. The van der Waals surface area contributed by atoms with Gasteiger partial charge in [0.1, 0.15) is 5.76 Å². The molecule has 1 aromatic carbocycles. The Morgan fingerprint density at radius 2 is 2.21 bits per heavy atom. The maximum Gasteiger partial charge on any atom is 0.127 e. The van der Waals surface area contributed by atoms with Crippen LogP contribution in [0.4, 0.5) is 0 Å². The van der Waals surface area contributed by atoms with Gasteiger partial charge in [0.15, 0.2) is 0 Å². The van der Waals surface area contributed by atoms with E-state index in [0.29, 0.717) is 17.9 Å². The third kappa shape index (κ3) is 2.26. The summed E-state index contributed by atoms with van der Waals surface area (Å²) in [6, 6.07) is 13.7. The smallest absolute Gasteiger partial charge is 0.127 e. The van der Waals surface area contributed by atoms with Gasteiger partial charge in [0.25, 0.3) is 0 Å². The van der Waals surface area contributed by atoms with Crippen LogP contribution in [0, 0.1) is 11.3 Å². The number of aromatic nitrogens is 2. The van der Waals surface area contributed by atoms with Crippen molar-refractivity contribution in [3.63, 3.8) is 0 Å². The Morgan fingerprint density at radius 1 is 1.32 bits per heavy atom. The van der Waals surface area contributed by atoms with Crippen LogP contribution in [-0.4, -0.2) is 9.55 Å². The van der Waals surface area contributed by atoms with Crippen LogP contribution in [0.25, 0.3) is 17.1 Å². The zero-order valence-corrected chi connectivity index (χ0v) is 10.2. The molecule has 0 saturated carbocycles. The predicted molar refractivity (Wildman–Crippen MR) is 72.0 cm³/mol. The molecule has 0 bridgehead atoms. The van der Waals surface area contributed by atoms with E-state index in [1.807, 2.05) is 34.9 Å². The second-order valence-corrected chi connectivity index (χ2v) is 4.16. The minimum absolute atomic E-state index is 0.484. The van der Waals surface area contributed by atoms with Gasteiger partial charge in [-0.3, -0.25) is 0 Å². The number of hydrogen-bond donors (Lipinski definition) is 0. The number of benzene rings is 1. The van der Waals surface area contributed by atoms with Crippen LogP contribution < -0.4 is 0 Å². The molecule has 0 saturated heterocycles. The normalized spacial score (nSPS) is 11.6. The minimum Gasteiger partial charge on any atom is -0.465 e. The van der Waals surface area contributed by atoms with Crippen molar-refractivity contribution in [2.24, 2.45) is 0 Å². The van der Waals surface area contributed by atoms with Gasteiger partial charge >= 0.3 is 0 Å². The molecule has 0 amide bonds. The standard InChI is InChI=1S/C15H11N3O/c16-9-12(8-13-4-3-7-19-13)10-18-11-17-14-5-1-2-6-15(14)18/h1-8,11H,10H2/b12-8-. The van der Waals surface area contributed by atoms with E-state index in [0.717, 1.165) is 11.0 Å². The molecule has 0 atom stereocenters. The summed E-state index contributed by atoms with van der Waals surface area (Å²) in [5.41, 5.74) is 2.57. The first kappa shape index (κ1) is 11.3. The Balaban J connectivity index is 1.94. The van der Waals surface area contributed by atoms with Crippen molar-refractivity contribution in [2.75, 3.05) is 0 Å². The maximum atomic E-state index is 9.20. The van der Waals surface area contributed by atoms with Crippen molar-refractivity contribution in [2.45, 2.75) is 6.54 Å². The van der Waals surface area contributed by atoms with Gasteiger partial charge in [-0.25, -0.2) is 4.98 Å². The molecule has 0 aliphatic heterocycles. The highest BCUT2D eigenvalue weighted by atomic mass is 16.3. The third-order valence-electron chi connectivity index (χ3n) is 2.87. The van der Waals surface area contributed by atoms with Crippen LogP contribution in [0.2, 0.25) is 0 Å². The summed E-state index contributed by atoms with van der Waals surface area (Å²) in [5, 5.41) is 9.20. The fourth-order valence-corrected chi connectivity index (χ4v) is 1.98. The Kier molecular flexibility index (Phi) is 2.87. The van der Waals surface area contributed by atoms with E-state index in [1.165, 1.54) is 0 Å². The van der Waals surface area contributed by atoms with Gasteiger partial charge in [-0.15, -0.1) is 0 Å². The molecule has 2 heterocycles. The summed E-state index contributed by atoms with van der Waals surface area (Å²) in [7, 11) is 0. The van der Waals surface area contributed by atoms with E-state index < -0.39 is 0 Å². The van der Waals surface area contributed by atoms with E-state index in [1.54, 1.807) is 24.7 Å². The minimum atomic E-state index is 0.484. The number of nitriles is 1. The number of hydrogen-bond acceptors (Lipinski definition) is 3. The van der Waals surface area contributed by atoms with Gasteiger partial charge in [-0.1, -0.05) is 12.1 Å². The SMILES string of the molecule is N#C/C(=C/c1ccco1)Cn1cnc2ccccc21. The molecule has 0 N–H and O–H groups in total. The lowest BCUT2D eigenvalue weighted by Gasteiger charge is -2.02. The second-order valence-electron chi connectivity index (χ2n) is 4.16. The Hall–Kier alpha value is -2.80. The molecule has 0 fully saturated rings. The predicted octanol–water partition coefficient (Wildman–Crippen LogP) is 3.24. The summed E-state index contributed by atoms with van der Waals surface area (Å²) in [4.78, 5) is 4.31. The van der Waals surface area contributed by atoms with Crippen LogP contribution in [0.3, 0.4) is 0 Å². The zero-order chi connectivity index (χ0) is 13.1. The number of fused-ring (bicyclic) bond motifs is 1. The van der Waals surface area contributed by atoms with Crippen molar-refractivity contribution in [1.82, 2.24) is 9.55 Å². The maximum absolute atomic E-state index is 9.20.